The number of alkyl halides is 3. The van der Waals surface area contributed by atoms with Gasteiger partial charge >= 0.3 is 6.18 Å². The Hall–Kier alpha value is -1.14. The lowest BCUT2D eigenvalue weighted by atomic mass is 9.84. The van der Waals surface area contributed by atoms with E-state index in [0.29, 0.717) is 38.2 Å². The summed E-state index contributed by atoms with van der Waals surface area (Å²) in [5.41, 5.74) is -1.31. The lowest BCUT2D eigenvalue weighted by Gasteiger charge is -2.27. The summed E-state index contributed by atoms with van der Waals surface area (Å²) in [6.07, 6.45) is -3.29. The summed E-state index contributed by atoms with van der Waals surface area (Å²) in [5, 5.41) is 15.1. The van der Waals surface area contributed by atoms with Gasteiger partial charge in [0.2, 0.25) is 0 Å². The first-order valence-corrected chi connectivity index (χ1v) is 8.28. The summed E-state index contributed by atoms with van der Waals surface area (Å²) in [6, 6.07) is 2.59. The molecule has 0 amide bonds. The van der Waals surface area contributed by atoms with Crippen molar-refractivity contribution in [1.29, 1.82) is 0 Å². The van der Waals surface area contributed by atoms with Crippen LogP contribution in [0.5, 0.6) is 0 Å². The van der Waals surface area contributed by atoms with Crippen molar-refractivity contribution >= 4 is 29.9 Å². The van der Waals surface area contributed by atoms with Crippen molar-refractivity contribution in [3.8, 4) is 0 Å². The van der Waals surface area contributed by atoms with Crippen molar-refractivity contribution < 1.29 is 27.4 Å². The molecule has 1 atom stereocenters. The number of nitrogens with one attached hydrogen (secondary N) is 2. The average Bonchev–Trinajstić information content (AvgIpc) is 3.04. The van der Waals surface area contributed by atoms with E-state index < -0.39 is 17.6 Å². The first-order valence-electron chi connectivity index (χ1n) is 8.28. The Morgan fingerprint density at radius 1 is 1.33 bits per heavy atom. The lowest BCUT2D eigenvalue weighted by molar-refractivity contribution is -0.138. The molecule has 0 aromatic heterocycles. The second-order valence-electron chi connectivity index (χ2n) is 6.35. The molecule has 1 aromatic rings. The second kappa shape index (κ2) is 10.4. The van der Waals surface area contributed by atoms with Gasteiger partial charge < -0.3 is 20.5 Å². The monoisotopic (exact) mass is 505 g/mol. The molecule has 1 aliphatic heterocycles. The number of aliphatic imine (C=N–C) groups is 1. The van der Waals surface area contributed by atoms with E-state index in [2.05, 4.69) is 15.6 Å². The lowest BCUT2D eigenvalue weighted by Crippen LogP contribution is -2.44. The van der Waals surface area contributed by atoms with Gasteiger partial charge in [-0.3, -0.25) is 4.99 Å². The Labute approximate surface area is 172 Å². The minimum absolute atomic E-state index is 0. The molecule has 27 heavy (non-hydrogen) atoms. The molecule has 0 saturated carbocycles. The minimum Gasteiger partial charge on any atom is -0.396 e. The van der Waals surface area contributed by atoms with Crippen LogP contribution in [0.3, 0.4) is 0 Å². The van der Waals surface area contributed by atoms with Gasteiger partial charge in [0.15, 0.2) is 5.96 Å². The van der Waals surface area contributed by atoms with Crippen LogP contribution in [0.25, 0.3) is 0 Å². The van der Waals surface area contributed by atoms with Crippen molar-refractivity contribution in [2.75, 3.05) is 33.4 Å². The number of nitrogens with zero attached hydrogens (tertiary/aromatic N) is 1. The minimum atomic E-state index is -4.64. The zero-order chi connectivity index (χ0) is 19.2. The van der Waals surface area contributed by atoms with Crippen LogP contribution in [0.1, 0.15) is 24.0 Å². The fraction of sp³-hybridized carbons (Fsp3) is 0.588. The highest BCUT2D eigenvalue weighted by molar-refractivity contribution is 14.0. The molecule has 1 saturated heterocycles. The van der Waals surface area contributed by atoms with Gasteiger partial charge in [-0.2, -0.15) is 13.2 Å². The molecule has 1 aliphatic rings. The summed E-state index contributed by atoms with van der Waals surface area (Å²) >= 11 is 0. The van der Waals surface area contributed by atoms with Gasteiger partial charge in [-0.05, 0) is 30.5 Å². The first kappa shape index (κ1) is 23.9. The molecule has 1 heterocycles. The predicted octanol–water partition coefficient (Wildman–Crippen LogP) is 2.92. The fourth-order valence-corrected chi connectivity index (χ4v) is 2.95. The van der Waals surface area contributed by atoms with Gasteiger partial charge in [-0.1, -0.05) is 6.07 Å². The summed E-state index contributed by atoms with van der Waals surface area (Å²) < 4.78 is 57.7. The topological polar surface area (TPSA) is 65.9 Å². The molecule has 0 aliphatic carbocycles. The number of hydrogen-bond acceptors (Lipinski definition) is 3. The zero-order valence-corrected chi connectivity index (χ0v) is 17.2. The fourth-order valence-electron chi connectivity index (χ4n) is 2.95. The van der Waals surface area contributed by atoms with E-state index in [0.717, 1.165) is 18.6 Å². The Bertz CT molecular complexity index is 635. The molecule has 10 heteroatoms. The van der Waals surface area contributed by atoms with Crippen molar-refractivity contribution in [3.63, 3.8) is 0 Å². The number of guanidine groups is 1. The second-order valence-corrected chi connectivity index (χ2v) is 6.35. The van der Waals surface area contributed by atoms with Crippen molar-refractivity contribution in [2.24, 2.45) is 10.4 Å². The molecule has 5 nitrogen and oxygen atoms in total. The van der Waals surface area contributed by atoms with Crippen molar-refractivity contribution in [1.82, 2.24) is 10.6 Å². The third-order valence-corrected chi connectivity index (χ3v) is 4.51. The van der Waals surface area contributed by atoms with Gasteiger partial charge in [0.05, 0.1) is 12.2 Å². The number of halogens is 5. The van der Waals surface area contributed by atoms with Gasteiger partial charge in [0.1, 0.15) is 5.82 Å². The van der Waals surface area contributed by atoms with Crippen molar-refractivity contribution in [3.05, 3.63) is 35.1 Å². The highest BCUT2D eigenvalue weighted by Crippen LogP contribution is 2.33. The quantitative estimate of drug-likeness (QED) is 0.241. The SMILES string of the molecule is CN=C(NCc1ccc(F)cc1C(F)(F)F)NCC1(CCO)CCOC1.I. The number of rotatable bonds is 6. The van der Waals surface area contributed by atoms with Gasteiger partial charge in [-0.15, -0.1) is 24.0 Å². The zero-order valence-electron chi connectivity index (χ0n) is 14.9. The van der Waals surface area contributed by atoms with E-state index in [1.54, 1.807) is 0 Å². The third-order valence-electron chi connectivity index (χ3n) is 4.51. The van der Waals surface area contributed by atoms with E-state index in [9.17, 15) is 22.7 Å². The van der Waals surface area contributed by atoms with Gasteiger partial charge in [0.25, 0.3) is 0 Å². The van der Waals surface area contributed by atoms with E-state index in [1.165, 1.54) is 7.05 Å². The standard InChI is InChI=1S/C17H23F4N3O2.HI/c1-22-15(24-10-16(4-6-25)5-7-26-11-16)23-9-12-2-3-13(18)8-14(12)17(19,20)21;/h2-3,8,25H,4-7,9-11H2,1H3,(H2,22,23,24);1H. The van der Waals surface area contributed by atoms with Crippen LogP contribution in [0.15, 0.2) is 23.2 Å². The number of aliphatic hydroxyl groups is 1. The van der Waals surface area contributed by atoms with E-state index in [-0.39, 0.29) is 48.1 Å². The highest BCUT2D eigenvalue weighted by Gasteiger charge is 2.35. The predicted molar refractivity (Wildman–Crippen MR) is 105 cm³/mol. The number of hydrogen-bond donors (Lipinski definition) is 3. The van der Waals surface area contributed by atoms with Crippen LogP contribution in [0, 0.1) is 11.2 Å². The first-order chi connectivity index (χ1) is 12.3. The van der Waals surface area contributed by atoms with E-state index in [1.807, 2.05) is 0 Å². The molecule has 0 spiro atoms. The summed E-state index contributed by atoms with van der Waals surface area (Å²) in [7, 11) is 1.51. The molecular formula is C17H24F4IN3O2. The maximum Gasteiger partial charge on any atom is 0.416 e. The molecule has 154 valence electrons. The molecule has 0 bridgehead atoms. The van der Waals surface area contributed by atoms with Crippen molar-refractivity contribution in [2.45, 2.75) is 25.6 Å². The molecule has 1 fully saturated rings. The van der Waals surface area contributed by atoms with E-state index in [4.69, 9.17) is 4.74 Å². The maximum absolute atomic E-state index is 13.2. The van der Waals surface area contributed by atoms with Crippen LogP contribution in [0.2, 0.25) is 0 Å². The van der Waals surface area contributed by atoms with Crippen LogP contribution >= 0.6 is 24.0 Å². The Morgan fingerprint density at radius 2 is 2.07 bits per heavy atom. The smallest absolute Gasteiger partial charge is 0.396 e. The average molecular weight is 505 g/mol. The molecule has 0 radical (unpaired) electrons. The van der Waals surface area contributed by atoms with Gasteiger partial charge in [-0.25, -0.2) is 4.39 Å². The number of ether oxygens (including phenoxy) is 1. The molecular weight excluding hydrogens is 481 g/mol. The van der Waals surface area contributed by atoms with Crippen LogP contribution in [-0.2, 0) is 17.5 Å². The molecule has 2 rings (SSSR count). The Morgan fingerprint density at radius 3 is 2.63 bits per heavy atom. The van der Waals surface area contributed by atoms with Crippen LogP contribution in [-0.4, -0.2) is 44.5 Å². The molecule has 1 aromatic carbocycles. The maximum atomic E-state index is 13.2. The molecule has 3 N–H and O–H groups in total. The normalized spacial score (nSPS) is 20.3. The molecule has 1 unspecified atom stereocenters. The van der Waals surface area contributed by atoms with E-state index >= 15 is 0 Å². The van der Waals surface area contributed by atoms with Gasteiger partial charge in [0, 0.05) is 38.8 Å². The Balaban J connectivity index is 0.00000364. The van der Waals surface area contributed by atoms with Crippen LogP contribution < -0.4 is 10.6 Å². The summed E-state index contributed by atoms with van der Waals surface area (Å²) in [6.45, 7) is 1.47. The number of benzene rings is 1. The highest BCUT2D eigenvalue weighted by atomic mass is 127. The third kappa shape index (κ3) is 6.75. The Kier molecular flexibility index (Phi) is 9.22. The summed E-state index contributed by atoms with van der Waals surface area (Å²) in [5.74, 6) is -0.609. The number of aliphatic hydroxyl groups excluding tert-OH is 1. The largest absolute Gasteiger partial charge is 0.416 e. The summed E-state index contributed by atoms with van der Waals surface area (Å²) in [4.78, 5) is 4.00. The van der Waals surface area contributed by atoms with Crippen LogP contribution in [0.4, 0.5) is 17.6 Å².